The quantitative estimate of drug-likeness (QED) is 0.429. The Balaban J connectivity index is 2.58. The number of carbonyl (C=O) groups excluding carboxylic acids is 2. The highest BCUT2D eigenvalue weighted by molar-refractivity contribution is 6.39. The van der Waals surface area contributed by atoms with Gasteiger partial charge in [-0.1, -0.05) is 0 Å². The zero-order valence-electron chi connectivity index (χ0n) is 8.65. The van der Waals surface area contributed by atoms with Crippen molar-refractivity contribution in [3.63, 3.8) is 0 Å². The fourth-order valence-corrected chi connectivity index (χ4v) is 0.971. The molecular formula is C11H12O4. The molecule has 0 fully saturated rings. The third kappa shape index (κ3) is 3.42. The topological polar surface area (TPSA) is 56.5 Å². The summed E-state index contributed by atoms with van der Waals surface area (Å²) < 4.78 is 9.71. The third-order valence-corrected chi connectivity index (χ3v) is 1.64. The number of carbonyl (C=O) groups is 2. The summed E-state index contributed by atoms with van der Waals surface area (Å²) in [5, 5.41) is 0. The molecule has 1 rings (SSSR count). The minimum Gasteiger partial charge on any atom is -0.462 e. The van der Waals surface area contributed by atoms with E-state index in [1.807, 2.05) is 0 Å². The van der Waals surface area contributed by atoms with Crippen LogP contribution in [-0.2, 0) is 14.3 Å². The van der Waals surface area contributed by atoms with Crippen molar-refractivity contribution >= 4 is 17.8 Å². The number of hydrogen-bond acceptors (Lipinski definition) is 4. The predicted octanol–water partition coefficient (Wildman–Crippen LogP) is 1.73. The van der Waals surface area contributed by atoms with E-state index in [1.165, 1.54) is 6.08 Å². The molecule has 0 spiro atoms. The van der Waals surface area contributed by atoms with Gasteiger partial charge in [-0.15, -0.1) is 0 Å². The van der Waals surface area contributed by atoms with E-state index in [4.69, 9.17) is 4.42 Å². The van der Waals surface area contributed by atoms with Gasteiger partial charge in [-0.25, -0.2) is 4.79 Å². The molecule has 4 nitrogen and oxygen atoms in total. The first-order chi connectivity index (χ1) is 7.13. The van der Waals surface area contributed by atoms with E-state index in [0.29, 0.717) is 5.76 Å². The molecule has 4 heteroatoms. The van der Waals surface area contributed by atoms with Gasteiger partial charge in [-0.05, 0) is 38.1 Å². The Labute approximate surface area is 87.5 Å². The second-order valence-electron chi connectivity index (χ2n) is 2.87. The van der Waals surface area contributed by atoms with Crippen LogP contribution < -0.4 is 0 Å². The van der Waals surface area contributed by atoms with Crippen molar-refractivity contribution in [1.29, 1.82) is 0 Å². The van der Waals surface area contributed by atoms with Crippen LogP contribution in [0.25, 0.3) is 6.08 Å². The third-order valence-electron chi connectivity index (χ3n) is 1.64. The highest BCUT2D eigenvalue weighted by Gasteiger charge is 2.10. The van der Waals surface area contributed by atoms with Gasteiger partial charge in [-0.2, -0.15) is 0 Å². The molecule has 0 aliphatic rings. The van der Waals surface area contributed by atoms with Crippen molar-refractivity contribution in [2.75, 3.05) is 6.61 Å². The van der Waals surface area contributed by atoms with Crippen LogP contribution >= 0.6 is 0 Å². The summed E-state index contributed by atoms with van der Waals surface area (Å²) in [7, 11) is 0. The Morgan fingerprint density at radius 1 is 1.47 bits per heavy atom. The van der Waals surface area contributed by atoms with Crippen LogP contribution in [0.15, 0.2) is 22.6 Å². The Morgan fingerprint density at radius 2 is 2.20 bits per heavy atom. The van der Waals surface area contributed by atoms with Gasteiger partial charge in [0, 0.05) is 0 Å². The van der Waals surface area contributed by atoms with Gasteiger partial charge in [0.1, 0.15) is 11.5 Å². The summed E-state index contributed by atoms with van der Waals surface area (Å²) in [6, 6.07) is 3.48. The van der Waals surface area contributed by atoms with E-state index < -0.39 is 11.8 Å². The summed E-state index contributed by atoms with van der Waals surface area (Å²) in [5.74, 6) is -0.258. The van der Waals surface area contributed by atoms with Gasteiger partial charge in [0.2, 0.25) is 0 Å². The Kier molecular flexibility index (Phi) is 3.85. The molecule has 1 aromatic rings. The summed E-state index contributed by atoms with van der Waals surface area (Å²) in [6.45, 7) is 3.63. The molecule has 0 radical (unpaired) electrons. The van der Waals surface area contributed by atoms with Gasteiger partial charge in [0.05, 0.1) is 6.61 Å². The van der Waals surface area contributed by atoms with Crippen LogP contribution in [0.3, 0.4) is 0 Å². The summed E-state index contributed by atoms with van der Waals surface area (Å²) in [5.41, 5.74) is 0. The van der Waals surface area contributed by atoms with Crippen molar-refractivity contribution in [1.82, 2.24) is 0 Å². The second kappa shape index (κ2) is 5.14. The summed E-state index contributed by atoms with van der Waals surface area (Å²) in [4.78, 5) is 22.0. The number of hydrogen-bond donors (Lipinski definition) is 0. The number of aryl methyl sites for hydroxylation is 1. The zero-order chi connectivity index (χ0) is 11.3. The molecule has 0 aliphatic heterocycles. The van der Waals surface area contributed by atoms with Crippen LogP contribution in [-0.4, -0.2) is 18.4 Å². The van der Waals surface area contributed by atoms with Gasteiger partial charge in [0.25, 0.3) is 5.78 Å². The fourth-order valence-electron chi connectivity index (χ4n) is 0.971. The van der Waals surface area contributed by atoms with Crippen molar-refractivity contribution in [2.45, 2.75) is 13.8 Å². The minimum absolute atomic E-state index is 0.193. The standard InChI is InChI=1S/C11H12O4/c1-3-14-11(13)10(12)7-6-9-5-4-8(2)15-9/h4-7H,3H2,1-2H3/b7-6+. The van der Waals surface area contributed by atoms with Crippen molar-refractivity contribution < 1.29 is 18.7 Å². The molecule has 1 aromatic heterocycles. The van der Waals surface area contributed by atoms with E-state index in [2.05, 4.69) is 4.74 Å². The summed E-state index contributed by atoms with van der Waals surface area (Å²) >= 11 is 0. The van der Waals surface area contributed by atoms with Crippen molar-refractivity contribution in [2.24, 2.45) is 0 Å². The molecule has 0 aliphatic carbocycles. The van der Waals surface area contributed by atoms with Gasteiger partial charge < -0.3 is 9.15 Å². The fraction of sp³-hybridized carbons (Fsp3) is 0.273. The smallest absolute Gasteiger partial charge is 0.379 e. The predicted molar refractivity (Wildman–Crippen MR) is 54.1 cm³/mol. The maximum Gasteiger partial charge on any atom is 0.379 e. The zero-order valence-corrected chi connectivity index (χ0v) is 8.65. The van der Waals surface area contributed by atoms with Crippen LogP contribution in [0, 0.1) is 6.92 Å². The maximum atomic E-state index is 11.1. The average molecular weight is 208 g/mol. The first kappa shape index (κ1) is 11.2. The number of furan rings is 1. The Hall–Kier alpha value is -1.84. The van der Waals surface area contributed by atoms with Gasteiger partial charge in [-0.3, -0.25) is 4.79 Å². The molecule has 0 saturated heterocycles. The van der Waals surface area contributed by atoms with Crippen LogP contribution in [0.5, 0.6) is 0 Å². The number of esters is 1. The number of ether oxygens (including phenoxy) is 1. The van der Waals surface area contributed by atoms with Crippen molar-refractivity contribution in [3.8, 4) is 0 Å². The lowest BCUT2D eigenvalue weighted by Crippen LogP contribution is -2.14. The van der Waals surface area contributed by atoms with Crippen LogP contribution in [0.2, 0.25) is 0 Å². The first-order valence-electron chi connectivity index (χ1n) is 4.59. The molecule has 0 saturated carbocycles. The molecule has 0 N–H and O–H groups in total. The molecule has 0 amide bonds. The maximum absolute atomic E-state index is 11.1. The molecule has 80 valence electrons. The van der Waals surface area contributed by atoms with E-state index in [0.717, 1.165) is 11.8 Å². The SMILES string of the molecule is CCOC(=O)C(=O)/C=C/c1ccc(C)o1. The lowest BCUT2D eigenvalue weighted by Gasteiger charge is -1.95. The Bertz CT molecular complexity index is 387. The van der Waals surface area contributed by atoms with Gasteiger partial charge >= 0.3 is 5.97 Å². The summed E-state index contributed by atoms with van der Waals surface area (Å²) in [6.07, 6.45) is 2.57. The molecule has 0 atom stereocenters. The average Bonchev–Trinajstić information content (AvgIpc) is 2.61. The molecule has 1 heterocycles. The lowest BCUT2D eigenvalue weighted by molar-refractivity contribution is -0.151. The molecule has 0 bridgehead atoms. The number of rotatable bonds is 4. The highest BCUT2D eigenvalue weighted by Crippen LogP contribution is 2.07. The molecule has 0 aromatic carbocycles. The van der Waals surface area contributed by atoms with E-state index in [-0.39, 0.29) is 6.61 Å². The molecule has 0 unspecified atom stereocenters. The normalized spacial score (nSPS) is 10.5. The van der Waals surface area contributed by atoms with Gasteiger partial charge in [0.15, 0.2) is 0 Å². The minimum atomic E-state index is -0.850. The molecular weight excluding hydrogens is 196 g/mol. The second-order valence-corrected chi connectivity index (χ2v) is 2.87. The van der Waals surface area contributed by atoms with E-state index in [1.54, 1.807) is 26.0 Å². The monoisotopic (exact) mass is 208 g/mol. The van der Waals surface area contributed by atoms with E-state index >= 15 is 0 Å². The van der Waals surface area contributed by atoms with Crippen molar-refractivity contribution in [3.05, 3.63) is 29.7 Å². The molecule has 15 heavy (non-hydrogen) atoms. The largest absolute Gasteiger partial charge is 0.462 e. The van der Waals surface area contributed by atoms with E-state index in [9.17, 15) is 9.59 Å². The lowest BCUT2D eigenvalue weighted by atomic mass is 10.3. The van der Waals surface area contributed by atoms with Crippen LogP contribution in [0.4, 0.5) is 0 Å². The number of ketones is 1. The first-order valence-corrected chi connectivity index (χ1v) is 4.59. The Morgan fingerprint density at radius 3 is 2.73 bits per heavy atom. The van der Waals surface area contributed by atoms with Crippen LogP contribution in [0.1, 0.15) is 18.4 Å². The highest BCUT2D eigenvalue weighted by atomic mass is 16.5.